The van der Waals surface area contributed by atoms with E-state index in [0.717, 1.165) is 11.9 Å². The highest BCUT2D eigenvalue weighted by molar-refractivity contribution is 5.83. The summed E-state index contributed by atoms with van der Waals surface area (Å²) in [5.41, 5.74) is 9.93. The topological polar surface area (TPSA) is 39.6 Å². The number of H-pyrrole nitrogens is 1. The number of fused-ring (bicyclic) bond motifs is 1. The van der Waals surface area contributed by atoms with Gasteiger partial charge in [0.25, 0.3) is 0 Å². The van der Waals surface area contributed by atoms with Gasteiger partial charge in [0.2, 0.25) is 0 Å². The Morgan fingerprint density at radius 3 is 2.92 bits per heavy atom. The van der Waals surface area contributed by atoms with Crippen LogP contribution in [-0.2, 0) is 6.42 Å². The molecule has 2 N–H and O–H groups in total. The van der Waals surface area contributed by atoms with Gasteiger partial charge in [0.1, 0.15) is 0 Å². The van der Waals surface area contributed by atoms with Gasteiger partial charge in [-0.3, -0.25) is 5.73 Å². The first-order chi connectivity index (χ1) is 6.27. The van der Waals surface area contributed by atoms with E-state index in [4.69, 9.17) is 5.73 Å². The van der Waals surface area contributed by atoms with Gasteiger partial charge in [0.05, 0.1) is 0 Å². The van der Waals surface area contributed by atoms with E-state index in [0.29, 0.717) is 0 Å². The Morgan fingerprint density at radius 2 is 2.15 bits per heavy atom. The largest absolute Gasteiger partial charge is 0.361 e. The second-order valence-electron chi connectivity index (χ2n) is 3.46. The van der Waals surface area contributed by atoms with Crippen LogP contribution < -0.4 is 5.73 Å². The first-order valence-corrected chi connectivity index (χ1v) is 4.53. The van der Waals surface area contributed by atoms with Crippen molar-refractivity contribution in [3.8, 4) is 0 Å². The van der Waals surface area contributed by atoms with Crippen LogP contribution in [0.5, 0.6) is 0 Å². The molecule has 1 heterocycles. The highest BCUT2D eigenvalue weighted by atomic mass is 14.7. The third-order valence-electron chi connectivity index (χ3n) is 2.20. The molecule has 2 nitrogen and oxygen atoms in total. The Hall–Kier alpha value is -1.28. The van der Waals surface area contributed by atoms with Gasteiger partial charge in [0.15, 0.2) is 0 Å². The molecule has 0 saturated heterocycles. The van der Waals surface area contributed by atoms with Gasteiger partial charge in [-0.25, -0.2) is 0 Å². The third-order valence-corrected chi connectivity index (χ3v) is 2.20. The summed E-state index contributed by atoms with van der Waals surface area (Å²) in [5, 5.41) is 1.25. The lowest BCUT2D eigenvalue weighted by Crippen LogP contribution is -2.05. The van der Waals surface area contributed by atoms with E-state index in [1.807, 2.05) is 25.3 Å². The van der Waals surface area contributed by atoms with Gasteiger partial charge >= 0.3 is 0 Å². The summed E-state index contributed by atoms with van der Waals surface area (Å²) in [7, 11) is 0. The van der Waals surface area contributed by atoms with E-state index < -0.39 is 0 Å². The van der Waals surface area contributed by atoms with Crippen LogP contribution in [0.1, 0.15) is 12.5 Å². The summed E-state index contributed by atoms with van der Waals surface area (Å²) in [4.78, 5) is 3.21. The van der Waals surface area contributed by atoms with Gasteiger partial charge in [-0.05, 0) is 25.0 Å². The molecule has 0 bridgehead atoms. The standard InChI is InChI=1S/C11H13N2/c1-8(12)6-9-7-13-11-5-3-2-4-10(9)11/h2-5,7-8,12-13H,6H2,1H3. The highest BCUT2D eigenvalue weighted by Crippen LogP contribution is 2.18. The zero-order chi connectivity index (χ0) is 9.26. The Kier molecular flexibility index (Phi) is 2.07. The van der Waals surface area contributed by atoms with Crippen molar-refractivity contribution in [1.29, 1.82) is 0 Å². The summed E-state index contributed by atoms with van der Waals surface area (Å²) < 4.78 is 0. The third kappa shape index (κ3) is 1.58. The van der Waals surface area contributed by atoms with Crippen LogP contribution in [0, 0.1) is 0 Å². The van der Waals surface area contributed by atoms with Crippen molar-refractivity contribution in [3.05, 3.63) is 36.0 Å². The molecule has 0 fully saturated rings. The lowest BCUT2D eigenvalue weighted by Gasteiger charge is -2.01. The van der Waals surface area contributed by atoms with E-state index >= 15 is 0 Å². The van der Waals surface area contributed by atoms with Crippen LogP contribution in [0.4, 0.5) is 0 Å². The molecule has 1 aromatic carbocycles. The van der Waals surface area contributed by atoms with E-state index in [-0.39, 0.29) is 6.04 Å². The van der Waals surface area contributed by atoms with E-state index in [1.165, 1.54) is 10.9 Å². The summed E-state index contributed by atoms with van der Waals surface area (Å²) in [6.07, 6.45) is 2.83. The van der Waals surface area contributed by atoms with Gasteiger partial charge < -0.3 is 4.98 Å². The summed E-state index contributed by atoms with van der Waals surface area (Å²) in [6, 6.07) is 8.19. The maximum Gasteiger partial charge on any atom is 0.0456 e. The Bertz CT molecular complexity index is 401. The summed E-state index contributed by atoms with van der Waals surface area (Å²) in [5.74, 6) is 0. The van der Waals surface area contributed by atoms with Gasteiger partial charge in [-0.2, -0.15) is 0 Å². The first-order valence-electron chi connectivity index (χ1n) is 4.53. The zero-order valence-electron chi connectivity index (χ0n) is 7.67. The van der Waals surface area contributed by atoms with Gasteiger partial charge in [-0.15, -0.1) is 0 Å². The number of hydrogen-bond acceptors (Lipinski definition) is 0. The number of nitrogens with one attached hydrogen (secondary N) is 2. The lowest BCUT2D eigenvalue weighted by atomic mass is 10.1. The van der Waals surface area contributed by atoms with Crippen LogP contribution in [0.15, 0.2) is 30.5 Å². The Balaban J connectivity index is 2.46. The van der Waals surface area contributed by atoms with Gasteiger partial charge in [0, 0.05) is 23.1 Å². The molecular formula is C11H13N2. The second kappa shape index (κ2) is 3.23. The van der Waals surface area contributed by atoms with Gasteiger partial charge in [-0.1, -0.05) is 18.2 Å². The molecule has 2 heteroatoms. The Morgan fingerprint density at radius 1 is 1.38 bits per heavy atom. The average Bonchev–Trinajstić information content (AvgIpc) is 2.48. The summed E-state index contributed by atoms with van der Waals surface area (Å²) in [6.45, 7) is 1.92. The molecule has 1 aromatic heterocycles. The molecule has 13 heavy (non-hydrogen) atoms. The Labute approximate surface area is 77.8 Å². The molecule has 0 aliphatic rings. The molecular weight excluding hydrogens is 160 g/mol. The number of hydrogen-bond donors (Lipinski definition) is 1. The van der Waals surface area contributed by atoms with Crippen molar-refractivity contribution < 1.29 is 0 Å². The van der Waals surface area contributed by atoms with E-state index in [2.05, 4.69) is 17.1 Å². The first kappa shape index (κ1) is 8.32. The molecule has 0 saturated carbocycles. The van der Waals surface area contributed by atoms with Crippen LogP contribution in [0.2, 0.25) is 0 Å². The van der Waals surface area contributed by atoms with Crippen molar-refractivity contribution in [3.63, 3.8) is 0 Å². The second-order valence-corrected chi connectivity index (χ2v) is 3.46. The molecule has 2 aromatic rings. The minimum Gasteiger partial charge on any atom is -0.361 e. The van der Waals surface area contributed by atoms with Crippen LogP contribution in [-0.4, -0.2) is 11.0 Å². The predicted octanol–water partition coefficient (Wildman–Crippen LogP) is 2.38. The maximum atomic E-state index is 7.52. The number of para-hydroxylation sites is 1. The zero-order valence-corrected chi connectivity index (χ0v) is 7.67. The molecule has 1 unspecified atom stereocenters. The smallest absolute Gasteiger partial charge is 0.0456 e. The van der Waals surface area contributed by atoms with Crippen LogP contribution in [0.3, 0.4) is 0 Å². The normalized spacial score (nSPS) is 13.4. The maximum absolute atomic E-state index is 7.52. The minimum atomic E-state index is -0.0285. The number of benzene rings is 1. The van der Waals surface area contributed by atoms with E-state index in [9.17, 15) is 0 Å². The summed E-state index contributed by atoms with van der Waals surface area (Å²) >= 11 is 0. The predicted molar refractivity (Wildman–Crippen MR) is 54.6 cm³/mol. The molecule has 1 atom stereocenters. The number of rotatable bonds is 2. The number of aromatic amines is 1. The molecule has 0 spiro atoms. The fraction of sp³-hybridized carbons (Fsp3) is 0.273. The number of aromatic nitrogens is 1. The SMILES string of the molecule is CC([NH])Cc1c[nH]c2ccccc12. The average molecular weight is 173 g/mol. The van der Waals surface area contributed by atoms with Crippen molar-refractivity contribution in [2.75, 3.05) is 0 Å². The van der Waals surface area contributed by atoms with E-state index in [1.54, 1.807) is 0 Å². The fourth-order valence-corrected chi connectivity index (χ4v) is 1.63. The van der Waals surface area contributed by atoms with Crippen molar-refractivity contribution in [1.82, 2.24) is 10.7 Å². The lowest BCUT2D eigenvalue weighted by molar-refractivity contribution is 0.718. The minimum absolute atomic E-state index is 0.0285. The molecule has 0 aliphatic carbocycles. The molecule has 2 rings (SSSR count). The van der Waals surface area contributed by atoms with Crippen LogP contribution >= 0.6 is 0 Å². The quantitative estimate of drug-likeness (QED) is 0.724. The fourth-order valence-electron chi connectivity index (χ4n) is 1.63. The monoisotopic (exact) mass is 173 g/mol. The molecule has 67 valence electrons. The van der Waals surface area contributed by atoms with Crippen molar-refractivity contribution in [2.24, 2.45) is 0 Å². The molecule has 0 amide bonds. The van der Waals surface area contributed by atoms with Crippen LogP contribution in [0.25, 0.3) is 10.9 Å². The van der Waals surface area contributed by atoms with Crippen molar-refractivity contribution in [2.45, 2.75) is 19.4 Å². The molecule has 1 radical (unpaired) electrons. The highest BCUT2D eigenvalue weighted by Gasteiger charge is 2.04. The van der Waals surface area contributed by atoms with Crippen molar-refractivity contribution >= 4 is 10.9 Å². The molecule has 0 aliphatic heterocycles.